The first-order valence-electron chi connectivity index (χ1n) is 6.30. The van der Waals surface area contributed by atoms with E-state index in [-0.39, 0.29) is 18.3 Å². The Morgan fingerprint density at radius 2 is 2.00 bits per heavy atom. The molecule has 0 bridgehead atoms. The zero-order valence-electron chi connectivity index (χ0n) is 10.7. The first-order valence-corrected chi connectivity index (χ1v) is 6.30. The van der Waals surface area contributed by atoms with Crippen LogP contribution in [-0.4, -0.2) is 25.5 Å². The van der Waals surface area contributed by atoms with Crippen LogP contribution in [-0.2, 0) is 4.79 Å². The van der Waals surface area contributed by atoms with Gasteiger partial charge >= 0.3 is 0 Å². The van der Waals surface area contributed by atoms with Gasteiger partial charge in [0.1, 0.15) is 0 Å². The van der Waals surface area contributed by atoms with Crippen molar-refractivity contribution in [1.82, 2.24) is 10.6 Å². The van der Waals surface area contributed by atoms with Gasteiger partial charge in [0.05, 0.1) is 6.54 Å². The van der Waals surface area contributed by atoms with Crippen molar-refractivity contribution in [2.75, 3.05) is 13.6 Å². The number of halogens is 1. The molecule has 1 amide bonds. The molecule has 0 aromatic heterocycles. The summed E-state index contributed by atoms with van der Waals surface area (Å²) in [6.07, 6.45) is 3.47. The van der Waals surface area contributed by atoms with Crippen molar-refractivity contribution in [3.63, 3.8) is 0 Å². The van der Waals surface area contributed by atoms with Crippen LogP contribution >= 0.6 is 12.4 Å². The molecule has 4 heteroatoms. The van der Waals surface area contributed by atoms with Gasteiger partial charge in [0, 0.05) is 12.0 Å². The molecule has 1 aliphatic rings. The Bertz CT molecular complexity index is 369. The van der Waals surface area contributed by atoms with Crippen LogP contribution in [0.3, 0.4) is 0 Å². The van der Waals surface area contributed by atoms with Crippen LogP contribution in [0.4, 0.5) is 0 Å². The number of carbonyl (C=O) groups excluding carboxylic acids is 1. The predicted molar refractivity (Wildman–Crippen MR) is 76.1 cm³/mol. The molecule has 1 aromatic carbocycles. The molecule has 0 heterocycles. The summed E-state index contributed by atoms with van der Waals surface area (Å²) in [5.74, 6) is 0.581. The summed E-state index contributed by atoms with van der Waals surface area (Å²) in [4.78, 5) is 11.6. The molecule has 2 unspecified atom stereocenters. The zero-order valence-corrected chi connectivity index (χ0v) is 11.5. The third-order valence-corrected chi connectivity index (χ3v) is 3.43. The Morgan fingerprint density at radius 1 is 1.28 bits per heavy atom. The van der Waals surface area contributed by atoms with E-state index < -0.39 is 0 Å². The first kappa shape index (κ1) is 15.0. The van der Waals surface area contributed by atoms with Gasteiger partial charge in [-0.2, -0.15) is 0 Å². The van der Waals surface area contributed by atoms with E-state index in [9.17, 15) is 4.79 Å². The summed E-state index contributed by atoms with van der Waals surface area (Å²) < 4.78 is 0. The predicted octanol–water partition coefficient (Wildman–Crippen LogP) is 2.08. The van der Waals surface area contributed by atoms with E-state index in [1.165, 1.54) is 18.4 Å². The fourth-order valence-corrected chi connectivity index (χ4v) is 2.65. The van der Waals surface area contributed by atoms with Gasteiger partial charge in [0.2, 0.25) is 5.91 Å². The highest BCUT2D eigenvalue weighted by Crippen LogP contribution is 2.34. The molecule has 0 aliphatic heterocycles. The van der Waals surface area contributed by atoms with Crippen LogP contribution < -0.4 is 10.6 Å². The highest BCUT2D eigenvalue weighted by atomic mass is 35.5. The third kappa shape index (κ3) is 3.72. The smallest absolute Gasteiger partial charge is 0.234 e. The molecule has 1 fully saturated rings. The molecule has 0 spiro atoms. The Labute approximate surface area is 115 Å². The second-order valence-electron chi connectivity index (χ2n) is 4.65. The van der Waals surface area contributed by atoms with Crippen molar-refractivity contribution in [1.29, 1.82) is 0 Å². The average Bonchev–Trinajstić information content (AvgIpc) is 2.78. The molecule has 0 radical (unpaired) electrons. The Morgan fingerprint density at radius 3 is 2.67 bits per heavy atom. The van der Waals surface area contributed by atoms with Gasteiger partial charge in [0.15, 0.2) is 0 Å². The van der Waals surface area contributed by atoms with Crippen LogP contribution in [0.25, 0.3) is 0 Å². The Balaban J connectivity index is 0.00000162. The topological polar surface area (TPSA) is 41.1 Å². The molecular formula is C14H21ClN2O. The fourth-order valence-electron chi connectivity index (χ4n) is 2.65. The highest BCUT2D eigenvalue weighted by Gasteiger charge is 2.29. The monoisotopic (exact) mass is 268 g/mol. The average molecular weight is 269 g/mol. The molecular weight excluding hydrogens is 248 g/mol. The summed E-state index contributed by atoms with van der Waals surface area (Å²) >= 11 is 0. The maximum absolute atomic E-state index is 11.6. The van der Waals surface area contributed by atoms with E-state index in [0.29, 0.717) is 18.5 Å². The van der Waals surface area contributed by atoms with E-state index >= 15 is 0 Å². The number of benzene rings is 1. The summed E-state index contributed by atoms with van der Waals surface area (Å²) in [7, 11) is 1.79. The minimum absolute atomic E-state index is 0. The van der Waals surface area contributed by atoms with Gasteiger partial charge in [-0.25, -0.2) is 0 Å². The van der Waals surface area contributed by atoms with E-state index in [1.54, 1.807) is 7.05 Å². The van der Waals surface area contributed by atoms with Crippen molar-refractivity contribution in [2.24, 2.45) is 0 Å². The number of nitrogens with one attached hydrogen (secondary N) is 2. The summed E-state index contributed by atoms with van der Waals surface area (Å²) in [5.41, 5.74) is 1.35. The largest absolute Gasteiger partial charge is 0.352 e. The molecule has 0 saturated heterocycles. The lowest BCUT2D eigenvalue weighted by molar-refractivity contribution is -0.120. The van der Waals surface area contributed by atoms with Gasteiger partial charge in [-0.1, -0.05) is 36.8 Å². The maximum atomic E-state index is 11.6. The van der Waals surface area contributed by atoms with Crippen LogP contribution in [0, 0.1) is 0 Å². The van der Waals surface area contributed by atoms with Crippen molar-refractivity contribution in [3.8, 4) is 0 Å². The van der Waals surface area contributed by atoms with Gasteiger partial charge < -0.3 is 10.6 Å². The lowest BCUT2D eigenvalue weighted by atomic mass is 9.94. The number of likely N-dealkylation sites (N-methyl/N-ethyl adjacent to an activating group) is 1. The number of carbonyl (C=O) groups is 1. The van der Waals surface area contributed by atoms with Crippen molar-refractivity contribution >= 4 is 18.3 Å². The first-order chi connectivity index (χ1) is 8.31. The Kier molecular flexibility index (Phi) is 6.16. The number of hydrogen-bond donors (Lipinski definition) is 2. The third-order valence-electron chi connectivity index (χ3n) is 3.43. The summed E-state index contributed by atoms with van der Waals surface area (Å²) in [6.45, 7) is 0.401. The SMILES string of the molecule is CNCC(=O)NC1CCCC1c1ccccc1.Cl. The quantitative estimate of drug-likeness (QED) is 0.878. The van der Waals surface area contributed by atoms with Crippen molar-refractivity contribution in [3.05, 3.63) is 35.9 Å². The van der Waals surface area contributed by atoms with Gasteiger partial charge in [-0.3, -0.25) is 4.79 Å². The van der Waals surface area contributed by atoms with E-state index in [0.717, 1.165) is 6.42 Å². The lowest BCUT2D eigenvalue weighted by Gasteiger charge is -2.21. The molecule has 100 valence electrons. The Hall–Kier alpha value is -1.06. The molecule has 2 N–H and O–H groups in total. The zero-order chi connectivity index (χ0) is 12.1. The van der Waals surface area contributed by atoms with Gasteiger partial charge in [-0.05, 0) is 25.5 Å². The minimum atomic E-state index is 0. The van der Waals surface area contributed by atoms with Crippen LogP contribution in [0.15, 0.2) is 30.3 Å². The van der Waals surface area contributed by atoms with E-state index in [2.05, 4.69) is 34.9 Å². The number of hydrogen-bond acceptors (Lipinski definition) is 2. The van der Waals surface area contributed by atoms with Gasteiger partial charge in [-0.15, -0.1) is 12.4 Å². The maximum Gasteiger partial charge on any atom is 0.234 e. The normalized spacial score (nSPS) is 22.3. The minimum Gasteiger partial charge on any atom is -0.352 e. The lowest BCUT2D eigenvalue weighted by Crippen LogP contribution is -2.40. The van der Waals surface area contributed by atoms with E-state index in [4.69, 9.17) is 0 Å². The number of amides is 1. The van der Waals surface area contributed by atoms with E-state index in [1.807, 2.05) is 6.07 Å². The molecule has 2 rings (SSSR count). The highest BCUT2D eigenvalue weighted by molar-refractivity contribution is 5.85. The standard InChI is InChI=1S/C14H20N2O.ClH/c1-15-10-14(17)16-13-9-5-8-12(13)11-6-3-2-4-7-11;/h2-4,6-7,12-13,15H,5,8-10H2,1H3,(H,16,17);1H. The molecule has 18 heavy (non-hydrogen) atoms. The fraction of sp³-hybridized carbons (Fsp3) is 0.500. The second kappa shape index (κ2) is 7.39. The van der Waals surface area contributed by atoms with Crippen LogP contribution in [0.1, 0.15) is 30.7 Å². The van der Waals surface area contributed by atoms with Crippen molar-refractivity contribution < 1.29 is 4.79 Å². The number of rotatable bonds is 4. The second-order valence-corrected chi connectivity index (χ2v) is 4.65. The molecule has 3 nitrogen and oxygen atoms in total. The molecule has 1 aliphatic carbocycles. The summed E-state index contributed by atoms with van der Waals surface area (Å²) in [5, 5.41) is 6.01. The molecule has 1 aromatic rings. The molecule has 2 atom stereocenters. The van der Waals surface area contributed by atoms with Gasteiger partial charge in [0.25, 0.3) is 0 Å². The van der Waals surface area contributed by atoms with Crippen LogP contribution in [0.2, 0.25) is 0 Å². The summed E-state index contributed by atoms with van der Waals surface area (Å²) in [6, 6.07) is 10.8. The van der Waals surface area contributed by atoms with Crippen molar-refractivity contribution in [2.45, 2.75) is 31.2 Å². The van der Waals surface area contributed by atoms with Crippen LogP contribution in [0.5, 0.6) is 0 Å². The molecule has 1 saturated carbocycles.